The molecular weight excluding hydrogens is 398 g/mol. The zero-order chi connectivity index (χ0) is 21.2. The van der Waals surface area contributed by atoms with Crippen molar-refractivity contribution >= 4 is 21.5 Å². The summed E-state index contributed by atoms with van der Waals surface area (Å²) >= 11 is 0. The largest absolute Gasteiger partial charge is 0.436 e. The van der Waals surface area contributed by atoms with Crippen LogP contribution in [0, 0.1) is 6.92 Å². The highest BCUT2D eigenvalue weighted by Crippen LogP contribution is 2.40. The van der Waals surface area contributed by atoms with E-state index in [9.17, 15) is 8.42 Å². The van der Waals surface area contributed by atoms with Crippen LogP contribution in [0.4, 0.5) is 0 Å². The van der Waals surface area contributed by atoms with Gasteiger partial charge in [0.05, 0.1) is 4.90 Å². The highest BCUT2D eigenvalue weighted by Gasteiger charge is 2.42. The van der Waals surface area contributed by atoms with Crippen LogP contribution in [0.2, 0.25) is 0 Å². The van der Waals surface area contributed by atoms with Crippen molar-refractivity contribution in [3.8, 4) is 0 Å². The molecule has 0 aliphatic carbocycles. The Balaban J connectivity index is 1.85. The summed E-state index contributed by atoms with van der Waals surface area (Å²) in [6.07, 6.45) is 1.77. The second-order valence-electron chi connectivity index (χ2n) is 6.95. The second-order valence-corrected chi connectivity index (χ2v) is 8.55. The molecule has 152 valence electrons. The molecule has 0 amide bonds. The van der Waals surface area contributed by atoms with Gasteiger partial charge in [-0.05, 0) is 24.6 Å². The number of benzene rings is 3. The Morgan fingerprint density at radius 2 is 1.47 bits per heavy atom. The third kappa shape index (κ3) is 3.79. The van der Waals surface area contributed by atoms with Gasteiger partial charge in [-0.2, -0.15) is 8.42 Å². The maximum Gasteiger partial charge on any atom is 0.285 e. The van der Waals surface area contributed by atoms with Gasteiger partial charge in [0.25, 0.3) is 15.8 Å². The van der Waals surface area contributed by atoms with E-state index in [2.05, 4.69) is 4.40 Å². The van der Waals surface area contributed by atoms with E-state index < -0.39 is 15.8 Å². The Morgan fingerprint density at radius 3 is 2.07 bits per heavy atom. The number of aryl methyl sites for hydroxylation is 1. The molecule has 1 aliphatic rings. The molecule has 1 aliphatic heterocycles. The molecule has 3 aromatic rings. The SMILES string of the molecule is COC1(c2ccccc2)C=C(c2ccccc2)/C(=N/S(=O)(=O)c2ccc(C)cc2)O1. The normalized spacial score (nSPS) is 20.1. The highest BCUT2D eigenvalue weighted by molar-refractivity contribution is 7.90. The van der Waals surface area contributed by atoms with Crippen molar-refractivity contribution in [1.82, 2.24) is 0 Å². The van der Waals surface area contributed by atoms with Gasteiger partial charge in [0.15, 0.2) is 0 Å². The molecular formula is C24H21NO4S. The molecule has 0 radical (unpaired) electrons. The summed E-state index contributed by atoms with van der Waals surface area (Å²) in [5, 5.41) is 0. The molecule has 0 bridgehead atoms. The topological polar surface area (TPSA) is 65.0 Å². The molecule has 0 saturated carbocycles. The smallest absolute Gasteiger partial charge is 0.285 e. The number of hydrogen-bond acceptors (Lipinski definition) is 4. The average molecular weight is 420 g/mol. The van der Waals surface area contributed by atoms with Gasteiger partial charge in [0, 0.05) is 24.3 Å². The number of sulfonamides is 1. The first kappa shape index (κ1) is 20.1. The molecule has 1 heterocycles. The monoisotopic (exact) mass is 419 g/mol. The number of ether oxygens (including phenoxy) is 2. The van der Waals surface area contributed by atoms with Crippen LogP contribution in [0.5, 0.6) is 0 Å². The van der Waals surface area contributed by atoms with Crippen LogP contribution in [0.25, 0.3) is 5.57 Å². The van der Waals surface area contributed by atoms with E-state index >= 15 is 0 Å². The maximum atomic E-state index is 13.0. The zero-order valence-corrected chi connectivity index (χ0v) is 17.5. The van der Waals surface area contributed by atoms with Crippen molar-refractivity contribution in [3.63, 3.8) is 0 Å². The van der Waals surface area contributed by atoms with E-state index in [1.807, 2.05) is 67.6 Å². The van der Waals surface area contributed by atoms with Crippen molar-refractivity contribution < 1.29 is 17.9 Å². The van der Waals surface area contributed by atoms with E-state index in [1.165, 1.54) is 19.2 Å². The summed E-state index contributed by atoms with van der Waals surface area (Å²) in [4.78, 5) is 0.103. The molecule has 6 heteroatoms. The molecule has 30 heavy (non-hydrogen) atoms. The van der Waals surface area contributed by atoms with Crippen LogP contribution in [0.1, 0.15) is 16.7 Å². The number of hydrogen-bond donors (Lipinski definition) is 0. The Kier molecular flexibility index (Phi) is 5.28. The Bertz CT molecular complexity index is 1200. The molecule has 0 N–H and O–H groups in total. The molecule has 0 saturated heterocycles. The Morgan fingerprint density at radius 1 is 0.867 bits per heavy atom. The van der Waals surface area contributed by atoms with Gasteiger partial charge >= 0.3 is 0 Å². The van der Waals surface area contributed by atoms with Gasteiger partial charge in [-0.25, -0.2) is 0 Å². The molecule has 0 spiro atoms. The third-order valence-corrected chi connectivity index (χ3v) is 6.17. The van der Waals surface area contributed by atoms with E-state index in [1.54, 1.807) is 18.2 Å². The lowest BCUT2D eigenvalue weighted by atomic mass is 10.0. The lowest BCUT2D eigenvalue weighted by Crippen LogP contribution is -2.27. The van der Waals surface area contributed by atoms with Crippen LogP contribution in [-0.2, 0) is 25.3 Å². The van der Waals surface area contributed by atoms with E-state index in [-0.39, 0.29) is 10.8 Å². The third-order valence-electron chi connectivity index (χ3n) is 4.90. The van der Waals surface area contributed by atoms with E-state index in [4.69, 9.17) is 9.47 Å². The van der Waals surface area contributed by atoms with Crippen molar-refractivity contribution in [2.24, 2.45) is 4.40 Å². The maximum absolute atomic E-state index is 13.0. The quantitative estimate of drug-likeness (QED) is 0.602. The Hall–Kier alpha value is -3.22. The predicted molar refractivity (Wildman–Crippen MR) is 116 cm³/mol. The van der Waals surface area contributed by atoms with Gasteiger partial charge < -0.3 is 9.47 Å². The first-order valence-electron chi connectivity index (χ1n) is 9.43. The van der Waals surface area contributed by atoms with Gasteiger partial charge in [-0.3, -0.25) is 0 Å². The van der Waals surface area contributed by atoms with E-state index in [0.29, 0.717) is 5.57 Å². The minimum Gasteiger partial charge on any atom is -0.436 e. The van der Waals surface area contributed by atoms with Crippen LogP contribution in [0.3, 0.4) is 0 Å². The predicted octanol–water partition coefficient (Wildman–Crippen LogP) is 4.70. The van der Waals surface area contributed by atoms with Crippen LogP contribution < -0.4 is 0 Å². The molecule has 4 rings (SSSR count). The van der Waals surface area contributed by atoms with Crippen molar-refractivity contribution in [1.29, 1.82) is 0 Å². The molecule has 1 atom stereocenters. The fraction of sp³-hybridized carbons (Fsp3) is 0.125. The standard InChI is InChI=1S/C24H21NO4S/c1-18-13-15-21(16-14-18)30(26,27)25-23-22(19-9-5-3-6-10-19)17-24(28-2,29-23)20-11-7-4-8-12-20/h3-17H,1-2H3/b25-23-. The van der Waals surface area contributed by atoms with Gasteiger partial charge in [-0.1, -0.05) is 78.4 Å². The van der Waals surface area contributed by atoms with Gasteiger partial charge in [0.2, 0.25) is 5.90 Å². The lowest BCUT2D eigenvalue weighted by Gasteiger charge is -2.25. The summed E-state index contributed by atoms with van der Waals surface area (Å²) < 4.78 is 41.8. The molecule has 5 nitrogen and oxygen atoms in total. The van der Waals surface area contributed by atoms with Crippen molar-refractivity contribution in [3.05, 3.63) is 108 Å². The number of rotatable bonds is 5. The number of nitrogens with zero attached hydrogens (tertiary/aromatic N) is 1. The fourth-order valence-corrected chi connectivity index (χ4v) is 4.21. The second kappa shape index (κ2) is 7.89. The first-order valence-corrected chi connectivity index (χ1v) is 10.9. The lowest BCUT2D eigenvalue weighted by molar-refractivity contribution is -0.134. The summed E-state index contributed by atoms with van der Waals surface area (Å²) in [7, 11) is -2.46. The van der Waals surface area contributed by atoms with Crippen molar-refractivity contribution in [2.75, 3.05) is 7.11 Å². The number of methoxy groups -OCH3 is 1. The van der Waals surface area contributed by atoms with Crippen LogP contribution >= 0.6 is 0 Å². The summed E-state index contributed by atoms with van der Waals surface area (Å²) in [6.45, 7) is 1.89. The fourth-order valence-electron chi connectivity index (χ4n) is 3.28. The van der Waals surface area contributed by atoms with E-state index in [0.717, 1.165) is 16.7 Å². The Labute approximate surface area is 176 Å². The highest BCUT2D eigenvalue weighted by atomic mass is 32.2. The molecule has 1 unspecified atom stereocenters. The van der Waals surface area contributed by atoms with Crippen LogP contribution in [0.15, 0.2) is 100 Å². The van der Waals surface area contributed by atoms with Gasteiger partial charge in [-0.15, -0.1) is 4.40 Å². The van der Waals surface area contributed by atoms with Crippen LogP contribution in [-0.4, -0.2) is 21.4 Å². The molecule has 0 aromatic heterocycles. The summed E-state index contributed by atoms with van der Waals surface area (Å²) in [6, 6.07) is 25.3. The first-order chi connectivity index (χ1) is 14.4. The van der Waals surface area contributed by atoms with Gasteiger partial charge in [0.1, 0.15) is 0 Å². The average Bonchev–Trinajstić information content (AvgIpc) is 3.14. The molecule has 3 aromatic carbocycles. The summed E-state index contributed by atoms with van der Waals surface area (Å²) in [5.74, 6) is -1.28. The zero-order valence-electron chi connectivity index (χ0n) is 16.6. The minimum absolute atomic E-state index is 0.00696. The minimum atomic E-state index is -3.98. The summed E-state index contributed by atoms with van der Waals surface area (Å²) in [5.41, 5.74) is 3.03. The molecule has 0 fully saturated rings. The van der Waals surface area contributed by atoms with Crippen molar-refractivity contribution in [2.45, 2.75) is 17.6 Å².